The van der Waals surface area contributed by atoms with E-state index in [4.69, 9.17) is 15.0 Å². The number of halogens is 1. The second-order valence-electron chi connectivity index (χ2n) is 10.8. The molecule has 5 nitrogen and oxygen atoms in total. The molecular weight excluding hydrogens is 451 g/mol. The van der Waals surface area contributed by atoms with Crippen molar-refractivity contribution in [2.75, 3.05) is 31.1 Å². The first-order valence-corrected chi connectivity index (χ1v) is 13.2. The quantitative estimate of drug-likeness (QED) is 0.477. The number of nitrogens with zero attached hydrogens (tertiary/aromatic N) is 4. The fraction of sp³-hybridized carbons (Fsp3) is 0.467. The molecule has 3 aromatic rings. The molecule has 3 heterocycles. The van der Waals surface area contributed by atoms with E-state index in [1.807, 2.05) is 30.5 Å². The Morgan fingerprint density at radius 1 is 1.00 bits per heavy atom. The highest BCUT2D eigenvalue weighted by Crippen LogP contribution is 2.48. The number of pyridine rings is 1. The van der Waals surface area contributed by atoms with Crippen LogP contribution in [0.1, 0.15) is 50.2 Å². The first-order chi connectivity index (χ1) is 17.5. The molecule has 1 saturated carbocycles. The fourth-order valence-electron chi connectivity index (χ4n) is 6.25. The van der Waals surface area contributed by atoms with Gasteiger partial charge < -0.3 is 9.64 Å². The third-order valence-corrected chi connectivity index (χ3v) is 7.99. The lowest BCUT2D eigenvalue weighted by Crippen LogP contribution is -2.58. The van der Waals surface area contributed by atoms with Crippen LogP contribution >= 0.6 is 0 Å². The van der Waals surface area contributed by atoms with Crippen molar-refractivity contribution < 1.29 is 9.13 Å². The van der Waals surface area contributed by atoms with Gasteiger partial charge in [-0.3, -0.25) is 9.88 Å². The predicted octanol–water partition coefficient (Wildman–Crippen LogP) is 5.68. The van der Waals surface area contributed by atoms with Gasteiger partial charge >= 0.3 is 0 Å². The Hall–Kier alpha value is -3.01. The Kier molecular flexibility index (Phi) is 6.15. The molecule has 0 N–H and O–H groups in total. The van der Waals surface area contributed by atoms with Crippen LogP contribution in [0.3, 0.4) is 0 Å². The Morgan fingerprint density at radius 2 is 1.75 bits per heavy atom. The Bertz CT molecular complexity index is 1290. The van der Waals surface area contributed by atoms with Crippen LogP contribution in [0.15, 0.2) is 48.7 Å². The standard InChI is InChI=1S/C30H33FN4O/c1-19-16-35(17-20(2)36-19)27-12-13-34(18-26(27)31)28-15-33-30-24(22-8-6-21(14-32)7-9-22)4-3-5-25(30)29(28)23-10-11-23/h3-9,15,19-20,23,26-27H,10-13,16-18H2,1-2H3/t19-,20+,26-,27+/m0/s1. The van der Waals surface area contributed by atoms with E-state index in [1.165, 1.54) is 23.8 Å². The molecule has 36 heavy (non-hydrogen) atoms. The summed E-state index contributed by atoms with van der Waals surface area (Å²) in [7, 11) is 0. The third-order valence-electron chi connectivity index (χ3n) is 7.99. The van der Waals surface area contributed by atoms with Crippen LogP contribution in [-0.2, 0) is 4.74 Å². The Morgan fingerprint density at radius 3 is 2.42 bits per heavy atom. The van der Waals surface area contributed by atoms with Gasteiger partial charge in [-0.25, -0.2) is 4.39 Å². The summed E-state index contributed by atoms with van der Waals surface area (Å²) >= 11 is 0. The second kappa shape index (κ2) is 9.46. The zero-order valence-electron chi connectivity index (χ0n) is 21.0. The van der Waals surface area contributed by atoms with Crippen molar-refractivity contribution >= 4 is 16.6 Å². The van der Waals surface area contributed by atoms with E-state index < -0.39 is 6.17 Å². The summed E-state index contributed by atoms with van der Waals surface area (Å²) in [6.45, 7) is 7.02. The number of piperidine rings is 1. The maximum absolute atomic E-state index is 15.7. The van der Waals surface area contributed by atoms with Crippen molar-refractivity contribution in [2.24, 2.45) is 0 Å². The first-order valence-electron chi connectivity index (χ1n) is 13.2. The first kappa shape index (κ1) is 23.4. The summed E-state index contributed by atoms with van der Waals surface area (Å²) in [5, 5.41) is 10.3. The lowest BCUT2D eigenvalue weighted by molar-refractivity contribution is -0.0910. The minimum absolute atomic E-state index is 0.0455. The van der Waals surface area contributed by atoms with Gasteiger partial charge in [0.05, 0.1) is 47.8 Å². The Labute approximate surface area is 212 Å². The molecule has 6 heteroatoms. The van der Waals surface area contributed by atoms with Crippen LogP contribution in [0.2, 0.25) is 0 Å². The van der Waals surface area contributed by atoms with Crippen LogP contribution in [0.5, 0.6) is 0 Å². The molecule has 0 radical (unpaired) electrons. The number of aromatic nitrogens is 1. The third kappa shape index (κ3) is 4.36. The van der Waals surface area contributed by atoms with Gasteiger partial charge in [-0.1, -0.05) is 30.3 Å². The molecule has 3 aliphatic rings. The number of hydrogen-bond donors (Lipinski definition) is 0. The van der Waals surface area contributed by atoms with E-state index in [1.54, 1.807) is 0 Å². The SMILES string of the molecule is C[C@@H]1CN([C@@H]2CCN(c3cnc4c(-c5ccc(C#N)cc5)cccc4c3C3CC3)C[C@@H]2F)C[C@H](C)O1. The van der Waals surface area contributed by atoms with Crippen LogP contribution < -0.4 is 4.90 Å². The number of rotatable bonds is 4. The van der Waals surface area contributed by atoms with Gasteiger partial charge in [0.25, 0.3) is 0 Å². The summed E-state index contributed by atoms with van der Waals surface area (Å²) in [5.74, 6) is 0.512. The number of benzene rings is 2. The normalized spacial score (nSPS) is 27.2. The van der Waals surface area contributed by atoms with Crippen molar-refractivity contribution in [3.8, 4) is 17.2 Å². The van der Waals surface area contributed by atoms with Gasteiger partial charge in [0.15, 0.2) is 0 Å². The molecule has 0 bridgehead atoms. The number of anilines is 1. The number of ether oxygens (including phenoxy) is 1. The molecule has 2 saturated heterocycles. The second-order valence-corrected chi connectivity index (χ2v) is 10.8. The van der Waals surface area contributed by atoms with Crippen molar-refractivity contribution in [1.29, 1.82) is 5.26 Å². The summed E-state index contributed by atoms with van der Waals surface area (Å²) in [4.78, 5) is 9.49. The average Bonchev–Trinajstić information content (AvgIpc) is 3.72. The molecule has 2 aromatic carbocycles. The maximum atomic E-state index is 15.7. The van der Waals surface area contributed by atoms with Gasteiger partial charge in [0.1, 0.15) is 6.17 Å². The van der Waals surface area contributed by atoms with E-state index in [0.717, 1.165) is 48.4 Å². The maximum Gasteiger partial charge on any atom is 0.133 e. The molecule has 3 fully saturated rings. The monoisotopic (exact) mass is 484 g/mol. The van der Waals surface area contributed by atoms with Gasteiger partial charge in [-0.05, 0) is 62.3 Å². The van der Waals surface area contributed by atoms with E-state index in [0.29, 0.717) is 18.0 Å². The van der Waals surface area contributed by atoms with Crippen molar-refractivity contribution in [2.45, 2.75) is 63.4 Å². The van der Waals surface area contributed by atoms with Gasteiger partial charge in [0, 0.05) is 36.6 Å². The zero-order valence-corrected chi connectivity index (χ0v) is 21.0. The number of para-hydroxylation sites is 1. The van der Waals surface area contributed by atoms with Gasteiger partial charge in [-0.15, -0.1) is 0 Å². The zero-order chi connectivity index (χ0) is 24.8. The number of alkyl halides is 1. The molecule has 1 aromatic heterocycles. The lowest BCUT2D eigenvalue weighted by atomic mass is 9.94. The minimum Gasteiger partial charge on any atom is -0.373 e. The van der Waals surface area contributed by atoms with Gasteiger partial charge in [0.2, 0.25) is 0 Å². The van der Waals surface area contributed by atoms with E-state index in [2.05, 4.69) is 47.9 Å². The Balaban J connectivity index is 1.31. The number of hydrogen-bond acceptors (Lipinski definition) is 5. The predicted molar refractivity (Wildman–Crippen MR) is 141 cm³/mol. The van der Waals surface area contributed by atoms with Crippen molar-refractivity contribution in [3.05, 3.63) is 59.8 Å². The number of fused-ring (bicyclic) bond motifs is 1. The topological polar surface area (TPSA) is 52.4 Å². The lowest BCUT2D eigenvalue weighted by Gasteiger charge is -2.45. The minimum atomic E-state index is -0.899. The van der Waals surface area contributed by atoms with E-state index >= 15 is 4.39 Å². The highest BCUT2D eigenvalue weighted by Gasteiger charge is 2.38. The summed E-state index contributed by atoms with van der Waals surface area (Å²) in [5.41, 5.74) is 6.19. The molecule has 186 valence electrons. The number of nitriles is 1. The smallest absolute Gasteiger partial charge is 0.133 e. The fourth-order valence-corrected chi connectivity index (χ4v) is 6.25. The van der Waals surface area contributed by atoms with Crippen LogP contribution in [-0.4, -0.2) is 60.5 Å². The molecular formula is C30H33FN4O. The highest BCUT2D eigenvalue weighted by molar-refractivity contribution is 5.98. The van der Waals surface area contributed by atoms with Gasteiger partial charge in [-0.2, -0.15) is 5.26 Å². The van der Waals surface area contributed by atoms with Crippen molar-refractivity contribution in [1.82, 2.24) is 9.88 Å². The number of morpholine rings is 1. The van der Waals surface area contributed by atoms with Crippen LogP contribution in [0, 0.1) is 11.3 Å². The molecule has 2 aliphatic heterocycles. The van der Waals surface area contributed by atoms with Crippen LogP contribution in [0.4, 0.5) is 10.1 Å². The van der Waals surface area contributed by atoms with E-state index in [9.17, 15) is 0 Å². The molecule has 0 amide bonds. The van der Waals surface area contributed by atoms with Crippen LogP contribution in [0.25, 0.3) is 22.0 Å². The molecule has 0 spiro atoms. The molecule has 4 atom stereocenters. The highest BCUT2D eigenvalue weighted by atomic mass is 19.1. The summed E-state index contributed by atoms with van der Waals surface area (Å²) < 4.78 is 21.5. The van der Waals surface area contributed by atoms with Crippen molar-refractivity contribution in [3.63, 3.8) is 0 Å². The summed E-state index contributed by atoms with van der Waals surface area (Å²) in [6.07, 6.45) is 4.54. The van der Waals surface area contributed by atoms with E-state index in [-0.39, 0.29) is 18.2 Å². The summed E-state index contributed by atoms with van der Waals surface area (Å²) in [6, 6.07) is 16.2. The molecule has 0 unspecified atom stereocenters. The largest absolute Gasteiger partial charge is 0.373 e. The molecule has 1 aliphatic carbocycles. The average molecular weight is 485 g/mol. The molecule has 6 rings (SSSR count).